The minimum absolute atomic E-state index is 0.0909. The minimum Gasteiger partial charge on any atom is -0.496 e. The Bertz CT molecular complexity index is 504. The van der Waals surface area contributed by atoms with Crippen molar-refractivity contribution in [3.8, 4) is 5.75 Å². The Hall–Kier alpha value is -1.78. The molecule has 4 nitrogen and oxygen atoms in total. The molecule has 0 atom stereocenters. The first kappa shape index (κ1) is 14.6. The molecule has 20 heavy (non-hydrogen) atoms. The van der Waals surface area contributed by atoms with Gasteiger partial charge in [0.15, 0.2) is 0 Å². The van der Waals surface area contributed by atoms with Crippen LogP contribution in [0.5, 0.6) is 5.75 Å². The second-order valence-corrected chi connectivity index (χ2v) is 5.97. The molecule has 0 aliphatic carbocycles. The summed E-state index contributed by atoms with van der Waals surface area (Å²) in [6, 6.07) is 4.45. The molecule has 0 N–H and O–H groups in total. The first-order chi connectivity index (χ1) is 9.30. The Morgan fingerprint density at radius 2 is 2.00 bits per heavy atom. The van der Waals surface area contributed by atoms with Gasteiger partial charge < -0.3 is 14.4 Å². The molecule has 0 aromatic heterocycles. The summed E-state index contributed by atoms with van der Waals surface area (Å²) in [6.07, 6.45) is -0.330. The monoisotopic (exact) mass is 281 g/mol. The number of ether oxygens (including phenoxy) is 2. The number of rotatable bonds is 2. The van der Waals surface area contributed by atoms with Crippen molar-refractivity contribution >= 4 is 6.09 Å². The maximum Gasteiger partial charge on any atom is 0.410 e. The van der Waals surface area contributed by atoms with Crippen LogP contribution in [0, 0.1) is 5.82 Å². The Kier molecular flexibility index (Phi) is 3.88. The minimum atomic E-state index is -0.501. The second kappa shape index (κ2) is 5.31. The van der Waals surface area contributed by atoms with E-state index in [4.69, 9.17) is 9.47 Å². The van der Waals surface area contributed by atoms with Gasteiger partial charge in [-0.1, -0.05) is 0 Å². The fourth-order valence-electron chi connectivity index (χ4n) is 2.18. The lowest BCUT2D eigenvalue weighted by Gasteiger charge is -2.40. The number of hydrogen-bond acceptors (Lipinski definition) is 3. The molecule has 5 heteroatoms. The number of hydrogen-bond donors (Lipinski definition) is 0. The smallest absolute Gasteiger partial charge is 0.410 e. The van der Waals surface area contributed by atoms with E-state index in [1.54, 1.807) is 18.1 Å². The Labute approximate surface area is 118 Å². The molecule has 1 aromatic rings. The van der Waals surface area contributed by atoms with Crippen molar-refractivity contribution < 1.29 is 18.7 Å². The third-order valence-electron chi connectivity index (χ3n) is 3.16. The predicted molar refractivity (Wildman–Crippen MR) is 73.5 cm³/mol. The summed E-state index contributed by atoms with van der Waals surface area (Å²) in [4.78, 5) is 13.4. The number of carbonyl (C=O) groups is 1. The van der Waals surface area contributed by atoms with Gasteiger partial charge in [0.25, 0.3) is 0 Å². The van der Waals surface area contributed by atoms with Gasteiger partial charge in [-0.15, -0.1) is 0 Å². The Morgan fingerprint density at radius 3 is 2.55 bits per heavy atom. The van der Waals surface area contributed by atoms with Crippen molar-refractivity contribution in [2.24, 2.45) is 0 Å². The molecule has 2 rings (SSSR count). The van der Waals surface area contributed by atoms with E-state index in [9.17, 15) is 9.18 Å². The molecule has 1 amide bonds. The summed E-state index contributed by atoms with van der Waals surface area (Å²) in [5.41, 5.74) is 0.297. The third-order valence-corrected chi connectivity index (χ3v) is 3.16. The number of carbonyl (C=O) groups excluding carboxylic acids is 1. The average Bonchev–Trinajstić information content (AvgIpc) is 2.24. The second-order valence-electron chi connectivity index (χ2n) is 5.97. The standard InChI is InChI=1S/C15H20FNO3/c1-15(2,3)20-14(18)17-8-10(9-17)12-7-11(16)5-6-13(12)19-4/h5-7,10H,8-9H2,1-4H3. The van der Waals surface area contributed by atoms with Crippen LogP contribution in [0.4, 0.5) is 9.18 Å². The lowest BCUT2D eigenvalue weighted by atomic mass is 9.91. The third kappa shape index (κ3) is 3.21. The SMILES string of the molecule is COc1ccc(F)cc1C1CN(C(=O)OC(C)(C)C)C1. The summed E-state index contributed by atoms with van der Waals surface area (Å²) in [5, 5.41) is 0. The average molecular weight is 281 g/mol. The number of methoxy groups -OCH3 is 1. The molecule has 0 spiro atoms. The fraction of sp³-hybridized carbons (Fsp3) is 0.533. The van der Waals surface area contributed by atoms with Gasteiger partial charge in [-0.25, -0.2) is 9.18 Å². The zero-order chi connectivity index (χ0) is 14.9. The fourth-order valence-corrected chi connectivity index (χ4v) is 2.18. The van der Waals surface area contributed by atoms with Gasteiger partial charge in [-0.3, -0.25) is 0 Å². The van der Waals surface area contributed by atoms with E-state index >= 15 is 0 Å². The van der Waals surface area contributed by atoms with Crippen molar-refractivity contribution in [1.29, 1.82) is 0 Å². The van der Waals surface area contributed by atoms with E-state index in [1.165, 1.54) is 12.1 Å². The molecule has 1 aliphatic heterocycles. The number of likely N-dealkylation sites (tertiary alicyclic amines) is 1. The van der Waals surface area contributed by atoms with Crippen molar-refractivity contribution in [3.63, 3.8) is 0 Å². The molecule has 1 aromatic carbocycles. The molecule has 0 unspecified atom stereocenters. The van der Waals surface area contributed by atoms with Crippen LogP contribution < -0.4 is 4.74 Å². The maximum absolute atomic E-state index is 13.3. The van der Waals surface area contributed by atoms with E-state index in [0.717, 1.165) is 5.56 Å². The topological polar surface area (TPSA) is 38.8 Å². The van der Waals surface area contributed by atoms with Crippen LogP contribution >= 0.6 is 0 Å². The van der Waals surface area contributed by atoms with Crippen LogP contribution in [0.25, 0.3) is 0 Å². The highest BCUT2D eigenvalue weighted by atomic mass is 19.1. The van der Waals surface area contributed by atoms with Crippen molar-refractivity contribution in [2.75, 3.05) is 20.2 Å². The van der Waals surface area contributed by atoms with Crippen LogP contribution in [-0.2, 0) is 4.74 Å². The predicted octanol–water partition coefficient (Wildman–Crippen LogP) is 3.17. The van der Waals surface area contributed by atoms with Crippen LogP contribution in [-0.4, -0.2) is 36.8 Å². The van der Waals surface area contributed by atoms with Crippen LogP contribution in [0.3, 0.4) is 0 Å². The molecule has 0 saturated carbocycles. The van der Waals surface area contributed by atoms with Gasteiger partial charge in [-0.05, 0) is 39.0 Å². The molecule has 110 valence electrons. The van der Waals surface area contributed by atoms with Crippen molar-refractivity contribution in [2.45, 2.75) is 32.3 Å². The molecule has 1 heterocycles. The molecular weight excluding hydrogens is 261 g/mol. The van der Waals surface area contributed by atoms with Gasteiger partial charge in [0, 0.05) is 24.6 Å². The quantitative estimate of drug-likeness (QED) is 0.835. The molecular formula is C15H20FNO3. The molecule has 0 radical (unpaired) electrons. The lowest BCUT2D eigenvalue weighted by molar-refractivity contribution is 0.00799. The number of benzene rings is 1. The highest BCUT2D eigenvalue weighted by molar-refractivity contribution is 5.69. The summed E-state index contributed by atoms with van der Waals surface area (Å²) >= 11 is 0. The zero-order valence-corrected chi connectivity index (χ0v) is 12.3. The summed E-state index contributed by atoms with van der Waals surface area (Å²) in [6.45, 7) is 6.54. The summed E-state index contributed by atoms with van der Waals surface area (Å²) in [7, 11) is 1.56. The highest BCUT2D eigenvalue weighted by Gasteiger charge is 2.36. The van der Waals surface area contributed by atoms with Crippen molar-refractivity contribution in [1.82, 2.24) is 4.90 Å². The van der Waals surface area contributed by atoms with Gasteiger partial charge in [0.05, 0.1) is 7.11 Å². The van der Waals surface area contributed by atoms with E-state index < -0.39 is 5.60 Å². The van der Waals surface area contributed by atoms with Gasteiger partial charge in [-0.2, -0.15) is 0 Å². The molecule has 1 saturated heterocycles. The first-order valence-electron chi connectivity index (χ1n) is 6.61. The van der Waals surface area contributed by atoms with Crippen molar-refractivity contribution in [3.05, 3.63) is 29.6 Å². The van der Waals surface area contributed by atoms with E-state index in [-0.39, 0.29) is 17.8 Å². The molecule has 1 aliphatic rings. The highest BCUT2D eigenvalue weighted by Crippen LogP contribution is 2.34. The van der Waals surface area contributed by atoms with E-state index in [2.05, 4.69) is 0 Å². The molecule has 0 bridgehead atoms. The summed E-state index contributed by atoms with van der Waals surface area (Å²) in [5.74, 6) is 0.449. The number of nitrogens with zero attached hydrogens (tertiary/aromatic N) is 1. The Balaban J connectivity index is 2.00. The van der Waals surface area contributed by atoms with Crippen LogP contribution in [0.2, 0.25) is 0 Å². The number of halogens is 1. The van der Waals surface area contributed by atoms with Gasteiger partial charge >= 0.3 is 6.09 Å². The normalized spacial score (nSPS) is 15.8. The molecule has 1 fully saturated rings. The van der Waals surface area contributed by atoms with E-state index in [1.807, 2.05) is 20.8 Å². The van der Waals surface area contributed by atoms with Crippen LogP contribution in [0.15, 0.2) is 18.2 Å². The lowest BCUT2D eigenvalue weighted by Crippen LogP contribution is -2.50. The zero-order valence-electron chi connectivity index (χ0n) is 12.3. The first-order valence-corrected chi connectivity index (χ1v) is 6.61. The maximum atomic E-state index is 13.3. The van der Waals surface area contributed by atoms with Crippen LogP contribution in [0.1, 0.15) is 32.3 Å². The largest absolute Gasteiger partial charge is 0.496 e. The Morgan fingerprint density at radius 1 is 1.35 bits per heavy atom. The van der Waals surface area contributed by atoms with Gasteiger partial charge in [0.1, 0.15) is 17.2 Å². The van der Waals surface area contributed by atoms with Gasteiger partial charge in [0.2, 0.25) is 0 Å². The number of amides is 1. The summed E-state index contributed by atoms with van der Waals surface area (Å²) < 4.78 is 23.8. The van der Waals surface area contributed by atoms with E-state index in [0.29, 0.717) is 18.8 Å².